The summed E-state index contributed by atoms with van der Waals surface area (Å²) in [7, 11) is -2.16. The van der Waals surface area contributed by atoms with Crippen molar-refractivity contribution in [1.29, 1.82) is 0 Å². The van der Waals surface area contributed by atoms with Gasteiger partial charge in [-0.1, -0.05) is 6.07 Å². The molecule has 2 amide bonds. The molecule has 1 aliphatic rings. The molecule has 1 N–H and O–H groups in total. The van der Waals surface area contributed by atoms with Crippen LogP contribution in [0.15, 0.2) is 29.2 Å². The van der Waals surface area contributed by atoms with E-state index in [0.29, 0.717) is 17.9 Å². The number of pyridine rings is 1. The molecule has 156 valence electrons. The summed E-state index contributed by atoms with van der Waals surface area (Å²) in [6.45, 7) is -0.205. The maximum Gasteiger partial charge on any atom is 0.346 e. The molecule has 1 fully saturated rings. The van der Waals surface area contributed by atoms with Gasteiger partial charge in [-0.15, -0.1) is 5.10 Å². The summed E-state index contributed by atoms with van der Waals surface area (Å²) >= 11 is 0. The molecule has 11 nitrogen and oxygen atoms in total. The van der Waals surface area contributed by atoms with Gasteiger partial charge in [0.15, 0.2) is 5.82 Å². The van der Waals surface area contributed by atoms with E-state index < -0.39 is 15.7 Å². The molecule has 3 rings (SSSR count). The van der Waals surface area contributed by atoms with Gasteiger partial charge in [0, 0.05) is 39.2 Å². The first-order chi connectivity index (χ1) is 13.8. The van der Waals surface area contributed by atoms with Crippen LogP contribution >= 0.6 is 0 Å². The van der Waals surface area contributed by atoms with Crippen LogP contribution in [0.2, 0.25) is 0 Å². The highest BCUT2D eigenvalue weighted by Crippen LogP contribution is 2.12. The van der Waals surface area contributed by atoms with Crippen LogP contribution in [-0.4, -0.2) is 63.3 Å². The van der Waals surface area contributed by atoms with E-state index in [1.807, 2.05) is 0 Å². The highest BCUT2D eigenvalue weighted by molar-refractivity contribution is 7.89. The summed E-state index contributed by atoms with van der Waals surface area (Å²) in [6, 6.07) is 5.24. The highest BCUT2D eigenvalue weighted by Gasteiger charge is 2.27. The molecule has 0 aliphatic carbocycles. The largest absolute Gasteiger partial charge is 0.346 e. The molecule has 12 heteroatoms. The average molecular weight is 422 g/mol. The average Bonchev–Trinajstić information content (AvgIpc) is 2.97. The second-order valence-corrected chi connectivity index (χ2v) is 8.54. The Morgan fingerprint density at radius 2 is 1.83 bits per heavy atom. The van der Waals surface area contributed by atoms with Crippen molar-refractivity contribution in [2.24, 2.45) is 7.05 Å². The lowest BCUT2D eigenvalue weighted by atomic mass is 10.1. The van der Waals surface area contributed by atoms with Crippen LogP contribution in [-0.2, 0) is 33.2 Å². The summed E-state index contributed by atoms with van der Waals surface area (Å²) in [5, 5.41) is 4.21. The Morgan fingerprint density at radius 1 is 1.10 bits per heavy atom. The fraction of sp³-hybridized carbons (Fsp3) is 0.471. The van der Waals surface area contributed by atoms with Crippen molar-refractivity contribution in [1.82, 2.24) is 29.0 Å². The minimum atomic E-state index is -3.72. The van der Waals surface area contributed by atoms with Crippen molar-refractivity contribution in [3.63, 3.8) is 0 Å². The molecule has 1 saturated heterocycles. The lowest BCUT2D eigenvalue weighted by molar-refractivity contribution is -0.147. The van der Waals surface area contributed by atoms with Gasteiger partial charge in [0.25, 0.3) is 0 Å². The Balaban J connectivity index is 1.57. The van der Waals surface area contributed by atoms with E-state index in [0.717, 1.165) is 9.58 Å². The van der Waals surface area contributed by atoms with Gasteiger partial charge in [0.2, 0.25) is 21.8 Å². The van der Waals surface area contributed by atoms with Crippen molar-refractivity contribution in [3.05, 3.63) is 34.9 Å². The van der Waals surface area contributed by atoms with Gasteiger partial charge < -0.3 is 0 Å². The van der Waals surface area contributed by atoms with Gasteiger partial charge in [-0.25, -0.2) is 22.6 Å². The standard InChI is InChI=1S/C17H22N6O5S/c1-21-16(13-5-2-3-8-18-13)20-23(17(21)26)10-9-19-29(27,28)12-11-22-14(24)6-4-7-15(22)25/h2-3,5,8,19H,4,6-7,9-12H2,1H3. The number of piperidine rings is 1. The number of hydrogen-bond donors (Lipinski definition) is 1. The fourth-order valence-corrected chi connectivity index (χ4v) is 3.96. The van der Waals surface area contributed by atoms with E-state index in [1.54, 1.807) is 31.4 Å². The predicted octanol–water partition coefficient (Wildman–Crippen LogP) is -0.898. The number of nitrogens with one attached hydrogen (secondary N) is 1. The van der Waals surface area contributed by atoms with Gasteiger partial charge in [-0.3, -0.25) is 24.0 Å². The first-order valence-corrected chi connectivity index (χ1v) is 10.8. The zero-order valence-electron chi connectivity index (χ0n) is 15.9. The Hall–Kier alpha value is -2.86. The van der Waals surface area contributed by atoms with Crippen LogP contribution in [0.25, 0.3) is 11.5 Å². The molecular weight excluding hydrogens is 400 g/mol. The van der Waals surface area contributed by atoms with Crippen molar-refractivity contribution >= 4 is 21.8 Å². The maximum atomic E-state index is 12.3. The van der Waals surface area contributed by atoms with Crippen LogP contribution in [0.4, 0.5) is 0 Å². The Bertz CT molecular complexity index is 1040. The van der Waals surface area contributed by atoms with E-state index in [2.05, 4.69) is 14.8 Å². The number of sulfonamides is 1. The van der Waals surface area contributed by atoms with Crippen LogP contribution in [0, 0.1) is 0 Å². The quantitative estimate of drug-likeness (QED) is 0.545. The van der Waals surface area contributed by atoms with E-state index in [-0.39, 0.29) is 50.0 Å². The SMILES string of the molecule is Cn1c(-c2ccccn2)nn(CCNS(=O)(=O)CCN2C(=O)CCCC2=O)c1=O. The predicted molar refractivity (Wildman–Crippen MR) is 103 cm³/mol. The minimum absolute atomic E-state index is 0.0281. The number of hydrogen-bond acceptors (Lipinski definition) is 7. The number of likely N-dealkylation sites (tertiary alicyclic amines) is 1. The molecule has 1 aliphatic heterocycles. The van der Waals surface area contributed by atoms with Crippen molar-refractivity contribution in [2.45, 2.75) is 25.8 Å². The molecule has 2 aromatic rings. The summed E-state index contributed by atoms with van der Waals surface area (Å²) in [6.07, 6.45) is 2.59. The highest BCUT2D eigenvalue weighted by atomic mass is 32.2. The number of rotatable bonds is 8. The number of aromatic nitrogens is 4. The molecule has 0 spiro atoms. The van der Waals surface area contributed by atoms with Crippen LogP contribution in [0.3, 0.4) is 0 Å². The second kappa shape index (κ2) is 8.66. The topological polar surface area (TPSA) is 136 Å². The summed E-state index contributed by atoms with van der Waals surface area (Å²) in [5.74, 6) is -0.710. The lowest BCUT2D eigenvalue weighted by Gasteiger charge is -2.24. The molecular formula is C17H22N6O5S. The van der Waals surface area contributed by atoms with Gasteiger partial charge in [-0.2, -0.15) is 0 Å². The van der Waals surface area contributed by atoms with E-state index in [9.17, 15) is 22.8 Å². The normalized spacial score (nSPS) is 15.1. The zero-order chi connectivity index (χ0) is 21.0. The van der Waals surface area contributed by atoms with Crippen LogP contribution < -0.4 is 10.4 Å². The number of imide groups is 1. The summed E-state index contributed by atoms with van der Waals surface area (Å²) in [5.41, 5.74) is 0.136. The Morgan fingerprint density at radius 3 is 2.48 bits per heavy atom. The number of carbonyl (C=O) groups is 2. The molecule has 0 radical (unpaired) electrons. The summed E-state index contributed by atoms with van der Waals surface area (Å²) < 4.78 is 29.2. The van der Waals surface area contributed by atoms with Crippen LogP contribution in [0.1, 0.15) is 19.3 Å². The fourth-order valence-electron chi connectivity index (χ4n) is 2.99. The molecule has 0 atom stereocenters. The lowest BCUT2D eigenvalue weighted by Crippen LogP contribution is -2.44. The van der Waals surface area contributed by atoms with Crippen molar-refractivity contribution < 1.29 is 18.0 Å². The maximum absolute atomic E-state index is 12.3. The Kier molecular flexibility index (Phi) is 6.23. The third kappa shape index (κ3) is 4.95. The smallest absolute Gasteiger partial charge is 0.282 e. The number of amides is 2. The third-order valence-electron chi connectivity index (χ3n) is 4.55. The van der Waals surface area contributed by atoms with Gasteiger partial charge in [0.1, 0.15) is 5.69 Å². The number of carbonyl (C=O) groups excluding carboxylic acids is 2. The number of nitrogens with zero attached hydrogens (tertiary/aromatic N) is 5. The van der Waals surface area contributed by atoms with E-state index >= 15 is 0 Å². The summed E-state index contributed by atoms with van der Waals surface area (Å²) in [4.78, 5) is 40.9. The zero-order valence-corrected chi connectivity index (χ0v) is 16.8. The molecule has 0 unspecified atom stereocenters. The molecule has 0 aromatic carbocycles. The third-order valence-corrected chi connectivity index (χ3v) is 5.91. The van der Waals surface area contributed by atoms with Gasteiger partial charge in [0.05, 0.1) is 12.3 Å². The molecule has 0 saturated carbocycles. The van der Waals surface area contributed by atoms with E-state index in [1.165, 1.54) is 4.57 Å². The molecule has 0 bridgehead atoms. The molecule has 29 heavy (non-hydrogen) atoms. The second-order valence-electron chi connectivity index (χ2n) is 6.61. The Labute approximate surface area is 167 Å². The van der Waals surface area contributed by atoms with Crippen LogP contribution in [0.5, 0.6) is 0 Å². The monoisotopic (exact) mass is 422 g/mol. The van der Waals surface area contributed by atoms with Crippen molar-refractivity contribution in [2.75, 3.05) is 18.8 Å². The van der Waals surface area contributed by atoms with Gasteiger partial charge >= 0.3 is 5.69 Å². The van der Waals surface area contributed by atoms with Crippen molar-refractivity contribution in [3.8, 4) is 11.5 Å². The minimum Gasteiger partial charge on any atom is -0.282 e. The first kappa shape index (κ1) is 20.9. The first-order valence-electron chi connectivity index (χ1n) is 9.14. The van der Waals surface area contributed by atoms with Gasteiger partial charge in [-0.05, 0) is 18.6 Å². The van der Waals surface area contributed by atoms with E-state index in [4.69, 9.17) is 0 Å². The molecule has 3 heterocycles. The molecule has 2 aromatic heterocycles.